The number of benzene rings is 2. The Morgan fingerprint density at radius 2 is 1.67 bits per heavy atom. The van der Waals surface area contributed by atoms with E-state index < -0.39 is 0 Å². The Hall–Kier alpha value is -1.76. The van der Waals surface area contributed by atoms with Crippen molar-refractivity contribution in [1.82, 2.24) is 0 Å². The van der Waals surface area contributed by atoms with Crippen LogP contribution in [0.15, 0.2) is 48.5 Å². The van der Waals surface area contributed by atoms with Gasteiger partial charge in [-0.2, -0.15) is 0 Å². The van der Waals surface area contributed by atoms with E-state index in [0.717, 1.165) is 17.1 Å². The summed E-state index contributed by atoms with van der Waals surface area (Å²) in [6, 6.07) is 15.7. The van der Waals surface area contributed by atoms with Crippen LogP contribution in [-0.4, -0.2) is 0 Å². The average Bonchev–Trinajstić information content (AvgIpc) is 2.22. The zero-order valence-electron chi connectivity index (χ0n) is 8.73. The van der Waals surface area contributed by atoms with Crippen LogP contribution in [0.1, 0.15) is 11.1 Å². The van der Waals surface area contributed by atoms with Crippen LogP contribution in [-0.2, 0) is 0 Å². The van der Waals surface area contributed by atoms with Crippen LogP contribution < -0.4 is 4.74 Å². The fourth-order valence-electron chi connectivity index (χ4n) is 1.35. The molecule has 0 spiro atoms. The smallest absolute Gasteiger partial charge is 0.127 e. The van der Waals surface area contributed by atoms with Gasteiger partial charge in [0.05, 0.1) is 0 Å². The zero-order chi connectivity index (χ0) is 10.7. The van der Waals surface area contributed by atoms with Crippen LogP contribution in [0, 0.1) is 13.8 Å². The molecule has 0 fully saturated rings. The minimum Gasteiger partial charge on any atom is -0.457 e. The molecule has 2 aromatic rings. The topological polar surface area (TPSA) is 9.23 Å². The predicted octanol–water partition coefficient (Wildman–Crippen LogP) is 3.97. The first kappa shape index (κ1) is 9.78. The number of aryl methyl sites for hydroxylation is 1. The Kier molecular flexibility index (Phi) is 2.72. The monoisotopic (exact) mass is 197 g/mol. The maximum Gasteiger partial charge on any atom is 0.127 e. The van der Waals surface area contributed by atoms with Crippen molar-refractivity contribution in [3.05, 3.63) is 66.6 Å². The third kappa shape index (κ3) is 2.59. The molecule has 0 bridgehead atoms. The third-order valence-corrected chi connectivity index (χ3v) is 2.16. The highest BCUT2D eigenvalue weighted by atomic mass is 16.5. The second kappa shape index (κ2) is 4.18. The SMILES string of the molecule is [CH2]c1cccc(Oc2ccc(C)cc2)c1. The minimum atomic E-state index is 0.825. The predicted molar refractivity (Wildman–Crippen MR) is 62.2 cm³/mol. The maximum absolute atomic E-state index is 5.67. The second-order valence-electron chi connectivity index (χ2n) is 3.56. The molecule has 0 amide bonds. The quantitative estimate of drug-likeness (QED) is 0.707. The molecule has 0 unspecified atom stereocenters. The summed E-state index contributed by atoms with van der Waals surface area (Å²) in [5.74, 6) is 1.68. The lowest BCUT2D eigenvalue weighted by Gasteiger charge is -2.06. The first-order chi connectivity index (χ1) is 7.24. The maximum atomic E-state index is 5.67. The Labute approximate surface area is 90.3 Å². The van der Waals surface area contributed by atoms with Crippen LogP contribution in [0.3, 0.4) is 0 Å². The van der Waals surface area contributed by atoms with Crippen molar-refractivity contribution >= 4 is 0 Å². The van der Waals surface area contributed by atoms with Gasteiger partial charge in [0.2, 0.25) is 0 Å². The highest BCUT2D eigenvalue weighted by Gasteiger charge is 1.96. The molecule has 75 valence electrons. The van der Waals surface area contributed by atoms with E-state index in [0.29, 0.717) is 0 Å². The molecular weight excluding hydrogens is 184 g/mol. The van der Waals surface area contributed by atoms with Gasteiger partial charge in [-0.1, -0.05) is 29.8 Å². The van der Waals surface area contributed by atoms with E-state index >= 15 is 0 Å². The van der Waals surface area contributed by atoms with E-state index in [9.17, 15) is 0 Å². The van der Waals surface area contributed by atoms with Crippen LogP contribution in [0.4, 0.5) is 0 Å². The highest BCUT2D eigenvalue weighted by molar-refractivity contribution is 5.35. The fraction of sp³-hybridized carbons (Fsp3) is 0.0714. The van der Waals surface area contributed by atoms with Crippen molar-refractivity contribution in [2.45, 2.75) is 6.92 Å². The molecule has 0 heterocycles. The van der Waals surface area contributed by atoms with E-state index in [1.807, 2.05) is 48.5 Å². The largest absolute Gasteiger partial charge is 0.457 e. The van der Waals surface area contributed by atoms with E-state index in [2.05, 4.69) is 13.8 Å². The third-order valence-electron chi connectivity index (χ3n) is 2.16. The van der Waals surface area contributed by atoms with Crippen molar-refractivity contribution in [1.29, 1.82) is 0 Å². The van der Waals surface area contributed by atoms with Crippen LogP contribution in [0.2, 0.25) is 0 Å². The van der Waals surface area contributed by atoms with E-state index in [4.69, 9.17) is 4.74 Å². The summed E-state index contributed by atoms with van der Waals surface area (Å²) in [7, 11) is 0. The normalized spacial score (nSPS) is 10.0. The van der Waals surface area contributed by atoms with Gasteiger partial charge in [-0.05, 0) is 43.7 Å². The van der Waals surface area contributed by atoms with Gasteiger partial charge in [0, 0.05) is 0 Å². The van der Waals surface area contributed by atoms with Gasteiger partial charge in [-0.3, -0.25) is 0 Å². The van der Waals surface area contributed by atoms with Gasteiger partial charge in [0.25, 0.3) is 0 Å². The highest BCUT2D eigenvalue weighted by Crippen LogP contribution is 2.22. The van der Waals surface area contributed by atoms with Gasteiger partial charge >= 0.3 is 0 Å². The molecule has 1 nitrogen and oxygen atoms in total. The number of hydrogen-bond acceptors (Lipinski definition) is 1. The zero-order valence-corrected chi connectivity index (χ0v) is 8.73. The number of hydrogen-bond donors (Lipinski definition) is 0. The molecule has 2 aromatic carbocycles. The Bertz CT molecular complexity index is 443. The summed E-state index contributed by atoms with van der Waals surface area (Å²) < 4.78 is 5.67. The van der Waals surface area contributed by atoms with E-state index in [1.165, 1.54) is 5.56 Å². The van der Waals surface area contributed by atoms with E-state index in [1.54, 1.807) is 0 Å². The molecular formula is C14H13O. The van der Waals surface area contributed by atoms with Crippen molar-refractivity contribution in [2.75, 3.05) is 0 Å². The molecule has 0 aliphatic heterocycles. The second-order valence-corrected chi connectivity index (χ2v) is 3.56. The molecule has 0 aromatic heterocycles. The number of rotatable bonds is 2. The Balaban J connectivity index is 2.18. The molecule has 1 heteroatoms. The van der Waals surface area contributed by atoms with Crippen molar-refractivity contribution in [3.63, 3.8) is 0 Å². The Morgan fingerprint density at radius 3 is 2.33 bits per heavy atom. The van der Waals surface area contributed by atoms with Gasteiger partial charge in [0.1, 0.15) is 11.5 Å². The van der Waals surface area contributed by atoms with Gasteiger partial charge in [0.15, 0.2) is 0 Å². The molecule has 0 saturated carbocycles. The molecule has 0 aliphatic carbocycles. The van der Waals surface area contributed by atoms with Crippen molar-refractivity contribution in [3.8, 4) is 11.5 Å². The van der Waals surface area contributed by atoms with E-state index in [-0.39, 0.29) is 0 Å². The van der Waals surface area contributed by atoms with Crippen LogP contribution in [0.5, 0.6) is 11.5 Å². The summed E-state index contributed by atoms with van der Waals surface area (Å²) >= 11 is 0. The Morgan fingerprint density at radius 1 is 0.933 bits per heavy atom. The molecule has 0 N–H and O–H groups in total. The summed E-state index contributed by atoms with van der Waals surface area (Å²) in [5.41, 5.74) is 2.19. The lowest BCUT2D eigenvalue weighted by Crippen LogP contribution is -1.84. The van der Waals surface area contributed by atoms with Gasteiger partial charge in [-0.25, -0.2) is 0 Å². The van der Waals surface area contributed by atoms with Gasteiger partial charge < -0.3 is 4.74 Å². The molecule has 0 aliphatic rings. The lowest BCUT2D eigenvalue weighted by molar-refractivity contribution is 0.482. The first-order valence-corrected chi connectivity index (χ1v) is 4.90. The molecule has 0 saturated heterocycles. The lowest BCUT2D eigenvalue weighted by atomic mass is 10.2. The molecule has 15 heavy (non-hydrogen) atoms. The molecule has 1 radical (unpaired) electrons. The van der Waals surface area contributed by atoms with Crippen molar-refractivity contribution in [2.24, 2.45) is 0 Å². The molecule has 2 rings (SSSR count). The van der Waals surface area contributed by atoms with Crippen molar-refractivity contribution < 1.29 is 4.74 Å². The summed E-state index contributed by atoms with van der Waals surface area (Å²) in [6.07, 6.45) is 0. The number of ether oxygens (including phenoxy) is 1. The summed E-state index contributed by atoms with van der Waals surface area (Å²) in [5, 5.41) is 0. The summed E-state index contributed by atoms with van der Waals surface area (Å²) in [6.45, 7) is 5.91. The average molecular weight is 197 g/mol. The standard InChI is InChI=1S/C14H13O/c1-11-6-8-13(9-7-11)15-14-5-3-4-12(2)10-14/h3-10H,2H2,1H3. The first-order valence-electron chi connectivity index (χ1n) is 4.90. The van der Waals surface area contributed by atoms with Crippen LogP contribution >= 0.6 is 0 Å². The van der Waals surface area contributed by atoms with Crippen LogP contribution in [0.25, 0.3) is 0 Å². The van der Waals surface area contributed by atoms with Gasteiger partial charge in [-0.15, -0.1) is 0 Å². The minimum absolute atomic E-state index is 0.825. The molecule has 0 atom stereocenters. The summed E-state index contributed by atoms with van der Waals surface area (Å²) in [4.78, 5) is 0. The fourth-order valence-corrected chi connectivity index (χ4v) is 1.35.